The van der Waals surface area contributed by atoms with Gasteiger partial charge >= 0.3 is 0 Å². The highest BCUT2D eigenvalue weighted by molar-refractivity contribution is 5.78. The van der Waals surface area contributed by atoms with Gasteiger partial charge in [0.2, 0.25) is 5.91 Å². The molecule has 166 valence electrons. The molecular weight excluding hydrogens is 393 g/mol. The van der Waals surface area contributed by atoms with Crippen LogP contribution in [0.15, 0.2) is 48.5 Å². The normalized spacial score (nSPS) is 19.4. The lowest BCUT2D eigenvalue weighted by Crippen LogP contribution is -2.54. The molecule has 6 heteroatoms. The first kappa shape index (κ1) is 21.9. The van der Waals surface area contributed by atoms with E-state index in [2.05, 4.69) is 41.4 Å². The average Bonchev–Trinajstić information content (AvgIpc) is 2.79. The fourth-order valence-electron chi connectivity index (χ4n) is 4.64. The summed E-state index contributed by atoms with van der Waals surface area (Å²) in [5.41, 5.74) is 3.28. The lowest BCUT2D eigenvalue weighted by Gasteiger charge is -2.40. The van der Waals surface area contributed by atoms with E-state index in [1.165, 1.54) is 23.3 Å². The quantitative estimate of drug-likeness (QED) is 0.773. The van der Waals surface area contributed by atoms with E-state index in [4.69, 9.17) is 4.74 Å². The third-order valence-corrected chi connectivity index (χ3v) is 6.53. The molecule has 0 radical (unpaired) electrons. The van der Waals surface area contributed by atoms with Crippen LogP contribution in [0.5, 0.6) is 0 Å². The molecular formula is C25H32FN3O2. The van der Waals surface area contributed by atoms with E-state index in [1.807, 2.05) is 17.0 Å². The van der Waals surface area contributed by atoms with Crippen molar-refractivity contribution < 1.29 is 13.9 Å². The molecule has 1 N–H and O–H groups in total. The van der Waals surface area contributed by atoms with Gasteiger partial charge in [0.1, 0.15) is 5.82 Å². The Morgan fingerprint density at radius 3 is 2.45 bits per heavy atom. The number of nitrogens with one attached hydrogen (secondary N) is 1. The van der Waals surface area contributed by atoms with E-state index >= 15 is 0 Å². The van der Waals surface area contributed by atoms with Gasteiger partial charge in [0, 0.05) is 51.5 Å². The van der Waals surface area contributed by atoms with Gasteiger partial charge in [-0.1, -0.05) is 42.0 Å². The molecule has 2 aromatic rings. The fourth-order valence-corrected chi connectivity index (χ4v) is 4.64. The number of carbonyl (C=O) groups is 1. The van der Waals surface area contributed by atoms with Crippen LogP contribution >= 0.6 is 0 Å². The number of halogens is 1. The number of nitrogens with zero attached hydrogens (tertiary/aromatic N) is 2. The van der Waals surface area contributed by atoms with Crippen molar-refractivity contribution in [2.24, 2.45) is 0 Å². The van der Waals surface area contributed by atoms with Gasteiger partial charge in [-0.25, -0.2) is 4.39 Å². The Labute approximate surface area is 184 Å². The third-order valence-electron chi connectivity index (χ3n) is 6.53. The minimum absolute atomic E-state index is 0.128. The molecule has 1 amide bonds. The second-order valence-corrected chi connectivity index (χ2v) is 8.70. The van der Waals surface area contributed by atoms with Crippen LogP contribution in [0.25, 0.3) is 0 Å². The molecule has 2 aliphatic heterocycles. The van der Waals surface area contributed by atoms with Crippen molar-refractivity contribution in [3.8, 4) is 0 Å². The Balaban J connectivity index is 1.31. The predicted octanol–water partition coefficient (Wildman–Crippen LogP) is 3.07. The number of aryl methyl sites for hydroxylation is 1. The Bertz CT molecular complexity index is 873. The van der Waals surface area contributed by atoms with Crippen molar-refractivity contribution in [2.45, 2.75) is 31.8 Å². The molecule has 2 heterocycles. The summed E-state index contributed by atoms with van der Waals surface area (Å²) in [6, 6.07) is 15.2. The summed E-state index contributed by atoms with van der Waals surface area (Å²) < 4.78 is 19.0. The van der Waals surface area contributed by atoms with E-state index in [0.717, 1.165) is 51.1 Å². The van der Waals surface area contributed by atoms with Crippen LogP contribution in [0.4, 0.5) is 4.39 Å². The van der Waals surface area contributed by atoms with E-state index in [-0.39, 0.29) is 23.8 Å². The summed E-state index contributed by atoms with van der Waals surface area (Å²) >= 11 is 0. The maximum absolute atomic E-state index is 13.4. The summed E-state index contributed by atoms with van der Waals surface area (Å²) in [5, 5.41) is 3.52. The van der Waals surface area contributed by atoms with Gasteiger partial charge in [-0.15, -0.1) is 0 Å². The van der Waals surface area contributed by atoms with Gasteiger partial charge in [0.25, 0.3) is 0 Å². The average molecular weight is 426 g/mol. The van der Waals surface area contributed by atoms with E-state index in [0.29, 0.717) is 13.2 Å². The molecule has 2 fully saturated rings. The van der Waals surface area contributed by atoms with E-state index < -0.39 is 0 Å². The molecule has 2 aliphatic rings. The number of benzene rings is 2. The molecule has 4 rings (SSSR count). The highest BCUT2D eigenvalue weighted by Crippen LogP contribution is 2.32. The molecule has 0 bridgehead atoms. The molecule has 5 nitrogen and oxygen atoms in total. The SMILES string of the molecule is Cc1cccc(CN2CCN(C(=O)CNC3(c4ccc(F)cc4)CCOCC3)CC2)c1. The molecule has 0 aliphatic carbocycles. The summed E-state index contributed by atoms with van der Waals surface area (Å²) in [5.74, 6) is -0.117. The third kappa shape index (κ3) is 5.50. The minimum atomic E-state index is -0.339. The molecule has 0 unspecified atom stereocenters. The maximum atomic E-state index is 13.4. The van der Waals surface area contributed by atoms with Crippen LogP contribution in [0.2, 0.25) is 0 Å². The first-order valence-corrected chi connectivity index (χ1v) is 11.2. The first-order valence-electron chi connectivity index (χ1n) is 11.2. The number of piperazine rings is 1. The summed E-state index contributed by atoms with van der Waals surface area (Å²) in [6.07, 6.45) is 1.55. The van der Waals surface area contributed by atoms with Crippen molar-refractivity contribution >= 4 is 5.91 Å². The van der Waals surface area contributed by atoms with E-state index in [9.17, 15) is 9.18 Å². The zero-order valence-corrected chi connectivity index (χ0v) is 18.3. The van der Waals surface area contributed by atoms with Crippen molar-refractivity contribution in [3.63, 3.8) is 0 Å². The van der Waals surface area contributed by atoms with E-state index in [1.54, 1.807) is 0 Å². The zero-order valence-electron chi connectivity index (χ0n) is 18.3. The monoisotopic (exact) mass is 425 g/mol. The molecule has 0 spiro atoms. The molecule has 2 saturated heterocycles. The molecule has 31 heavy (non-hydrogen) atoms. The van der Waals surface area contributed by atoms with Crippen molar-refractivity contribution in [2.75, 3.05) is 45.9 Å². The first-order chi connectivity index (χ1) is 15.0. The highest BCUT2D eigenvalue weighted by atomic mass is 19.1. The van der Waals surface area contributed by atoms with Crippen LogP contribution in [-0.4, -0.2) is 61.6 Å². The van der Waals surface area contributed by atoms with Gasteiger partial charge in [-0.2, -0.15) is 0 Å². The van der Waals surface area contributed by atoms with Crippen molar-refractivity contribution in [1.29, 1.82) is 0 Å². The lowest BCUT2D eigenvalue weighted by molar-refractivity contribution is -0.132. The number of hydrogen-bond donors (Lipinski definition) is 1. The summed E-state index contributed by atoms with van der Waals surface area (Å²) in [7, 11) is 0. The number of carbonyl (C=O) groups excluding carboxylic acids is 1. The Hall–Kier alpha value is -2.28. The van der Waals surface area contributed by atoms with Gasteiger partial charge in [-0.05, 0) is 43.0 Å². The van der Waals surface area contributed by atoms with Gasteiger partial charge in [-0.3, -0.25) is 15.0 Å². The lowest BCUT2D eigenvalue weighted by atomic mass is 9.82. The second kappa shape index (κ2) is 9.90. The molecule has 0 atom stereocenters. The van der Waals surface area contributed by atoms with Gasteiger partial charge in [0.05, 0.1) is 6.54 Å². The van der Waals surface area contributed by atoms with Crippen LogP contribution in [-0.2, 0) is 21.6 Å². The number of rotatable bonds is 6. The van der Waals surface area contributed by atoms with Crippen molar-refractivity contribution in [3.05, 3.63) is 71.0 Å². The number of hydrogen-bond acceptors (Lipinski definition) is 4. The topological polar surface area (TPSA) is 44.8 Å². The van der Waals surface area contributed by atoms with Crippen molar-refractivity contribution in [1.82, 2.24) is 15.1 Å². The van der Waals surface area contributed by atoms with Gasteiger partial charge < -0.3 is 9.64 Å². The van der Waals surface area contributed by atoms with Crippen LogP contribution in [0.1, 0.15) is 29.5 Å². The van der Waals surface area contributed by atoms with Crippen LogP contribution in [0, 0.1) is 12.7 Å². The molecule has 0 saturated carbocycles. The largest absolute Gasteiger partial charge is 0.381 e. The van der Waals surface area contributed by atoms with Gasteiger partial charge in [0.15, 0.2) is 0 Å². The fraction of sp³-hybridized carbons (Fsp3) is 0.480. The minimum Gasteiger partial charge on any atom is -0.381 e. The Morgan fingerprint density at radius 1 is 1.06 bits per heavy atom. The molecule has 2 aromatic carbocycles. The summed E-state index contributed by atoms with van der Waals surface area (Å²) in [6.45, 7) is 7.87. The summed E-state index contributed by atoms with van der Waals surface area (Å²) in [4.78, 5) is 17.3. The maximum Gasteiger partial charge on any atom is 0.236 e. The Kier molecular flexibility index (Phi) is 7.00. The number of amides is 1. The smallest absolute Gasteiger partial charge is 0.236 e. The van der Waals surface area contributed by atoms with Crippen LogP contribution in [0.3, 0.4) is 0 Å². The highest BCUT2D eigenvalue weighted by Gasteiger charge is 2.35. The molecule has 0 aromatic heterocycles. The van der Waals surface area contributed by atoms with Crippen LogP contribution < -0.4 is 5.32 Å². The predicted molar refractivity (Wildman–Crippen MR) is 119 cm³/mol. The Morgan fingerprint density at radius 2 is 1.77 bits per heavy atom. The standard InChI is InChI=1S/C25H32FN3O2/c1-20-3-2-4-21(17-20)19-28-11-13-29(14-12-28)24(30)18-27-25(9-15-31-16-10-25)22-5-7-23(26)8-6-22/h2-8,17,27H,9-16,18-19H2,1H3. The number of ether oxygens (including phenoxy) is 1. The zero-order chi connectivity index (χ0) is 21.7. The second-order valence-electron chi connectivity index (χ2n) is 8.70.